The molecule has 0 spiro atoms. The molecule has 2 aliphatic rings. The molecule has 14 heavy (non-hydrogen) atoms. The fourth-order valence-electron chi connectivity index (χ4n) is 2.36. The lowest BCUT2D eigenvalue weighted by molar-refractivity contribution is -0.141. The molecule has 0 aromatic carbocycles. The van der Waals surface area contributed by atoms with Crippen LogP contribution in [0.5, 0.6) is 0 Å². The van der Waals surface area contributed by atoms with Gasteiger partial charge in [0.2, 0.25) is 0 Å². The van der Waals surface area contributed by atoms with Gasteiger partial charge >= 0.3 is 11.9 Å². The summed E-state index contributed by atoms with van der Waals surface area (Å²) in [4.78, 5) is 21.4. The number of rotatable bonds is 2. The molecule has 0 aromatic rings. The van der Waals surface area contributed by atoms with E-state index in [1.165, 1.54) is 0 Å². The maximum Gasteiger partial charge on any atom is 0.328 e. The molecule has 0 aromatic heterocycles. The fraction of sp³-hybridized carbons (Fsp3) is 0.400. The molecule has 0 aliphatic heterocycles. The van der Waals surface area contributed by atoms with Crippen LogP contribution in [0.4, 0.5) is 0 Å². The van der Waals surface area contributed by atoms with E-state index >= 15 is 0 Å². The summed E-state index contributed by atoms with van der Waals surface area (Å²) in [5.41, 5.74) is 0.539. The Balaban J connectivity index is 2.36. The second kappa shape index (κ2) is 2.97. The van der Waals surface area contributed by atoms with Gasteiger partial charge in [-0.05, 0) is 23.8 Å². The van der Waals surface area contributed by atoms with E-state index in [9.17, 15) is 9.59 Å². The number of carboxylic acid groups (broad SMARTS) is 2. The summed E-state index contributed by atoms with van der Waals surface area (Å²) >= 11 is 0. The first-order valence-corrected chi connectivity index (χ1v) is 4.45. The molecule has 0 heterocycles. The van der Waals surface area contributed by atoms with Crippen LogP contribution < -0.4 is 0 Å². The van der Waals surface area contributed by atoms with E-state index in [0.29, 0.717) is 5.57 Å². The van der Waals surface area contributed by atoms with Crippen LogP contribution in [-0.2, 0) is 9.59 Å². The maximum atomic E-state index is 10.9. The Morgan fingerprint density at radius 1 is 1.36 bits per heavy atom. The molecule has 74 valence electrons. The Labute approximate surface area is 80.5 Å². The molecule has 0 radical (unpaired) electrons. The van der Waals surface area contributed by atoms with Gasteiger partial charge in [-0.2, -0.15) is 0 Å². The third kappa shape index (κ3) is 1.23. The van der Waals surface area contributed by atoms with E-state index in [2.05, 4.69) is 0 Å². The number of hydrogen-bond donors (Lipinski definition) is 2. The highest BCUT2D eigenvalue weighted by Gasteiger charge is 2.44. The lowest BCUT2D eigenvalue weighted by atomic mass is 9.88. The minimum Gasteiger partial charge on any atom is -0.481 e. The normalized spacial score (nSPS) is 36.6. The first-order valence-electron chi connectivity index (χ1n) is 4.45. The van der Waals surface area contributed by atoms with Gasteiger partial charge in [-0.1, -0.05) is 12.2 Å². The van der Waals surface area contributed by atoms with Gasteiger partial charge in [0.15, 0.2) is 0 Å². The van der Waals surface area contributed by atoms with Gasteiger partial charge in [-0.3, -0.25) is 4.79 Å². The number of carbonyl (C=O) groups is 2. The third-order valence-corrected chi connectivity index (χ3v) is 2.89. The molecule has 2 aliphatic carbocycles. The predicted octanol–water partition coefficient (Wildman–Crippen LogP) is 0.904. The average Bonchev–Trinajstić information content (AvgIpc) is 2.61. The Morgan fingerprint density at radius 2 is 2.07 bits per heavy atom. The number of hydrogen-bond acceptors (Lipinski definition) is 2. The van der Waals surface area contributed by atoms with Crippen LogP contribution in [0.2, 0.25) is 0 Å². The summed E-state index contributed by atoms with van der Waals surface area (Å²) in [5.74, 6) is -2.59. The topological polar surface area (TPSA) is 74.6 Å². The van der Waals surface area contributed by atoms with Crippen LogP contribution in [0.3, 0.4) is 0 Å². The zero-order valence-corrected chi connectivity index (χ0v) is 7.38. The highest BCUT2D eigenvalue weighted by molar-refractivity contribution is 5.85. The molecule has 1 fully saturated rings. The standard InChI is InChI=1S/C10H10O4/c11-8(12)4-7-5-1-2-6(3-5)9(7)10(13)14/h1-2,4-6,9H,3H2,(H,11,12)(H,13,14)/b7-4-/t5-,6-,9-/m0/s1. The molecule has 0 saturated heterocycles. The van der Waals surface area contributed by atoms with Crippen LogP contribution in [0.25, 0.3) is 0 Å². The van der Waals surface area contributed by atoms with E-state index in [0.717, 1.165) is 12.5 Å². The zero-order chi connectivity index (χ0) is 10.3. The summed E-state index contributed by atoms with van der Waals surface area (Å²) in [5, 5.41) is 17.6. The number of carboxylic acids is 2. The molecule has 0 unspecified atom stereocenters. The van der Waals surface area contributed by atoms with Crippen molar-refractivity contribution in [2.45, 2.75) is 6.42 Å². The molecule has 2 rings (SSSR count). The van der Waals surface area contributed by atoms with Crippen molar-refractivity contribution < 1.29 is 19.8 Å². The van der Waals surface area contributed by atoms with Crippen molar-refractivity contribution in [1.82, 2.24) is 0 Å². The molecule has 4 nitrogen and oxygen atoms in total. The second-order valence-corrected chi connectivity index (χ2v) is 3.69. The largest absolute Gasteiger partial charge is 0.481 e. The number of fused-ring (bicyclic) bond motifs is 2. The van der Waals surface area contributed by atoms with Crippen molar-refractivity contribution in [1.29, 1.82) is 0 Å². The van der Waals surface area contributed by atoms with Gasteiger partial charge in [-0.15, -0.1) is 0 Å². The first-order chi connectivity index (χ1) is 6.59. The van der Waals surface area contributed by atoms with Gasteiger partial charge in [0.25, 0.3) is 0 Å². The quantitative estimate of drug-likeness (QED) is 0.506. The highest BCUT2D eigenvalue weighted by atomic mass is 16.4. The molecular formula is C10H10O4. The molecular weight excluding hydrogens is 184 g/mol. The molecule has 4 heteroatoms. The van der Waals surface area contributed by atoms with E-state index in [4.69, 9.17) is 10.2 Å². The van der Waals surface area contributed by atoms with Gasteiger partial charge < -0.3 is 10.2 Å². The van der Waals surface area contributed by atoms with Crippen molar-refractivity contribution >= 4 is 11.9 Å². The first kappa shape index (κ1) is 8.99. The Kier molecular flexibility index (Phi) is 1.91. The minimum atomic E-state index is -1.06. The van der Waals surface area contributed by atoms with Crippen LogP contribution >= 0.6 is 0 Å². The van der Waals surface area contributed by atoms with E-state index < -0.39 is 17.9 Å². The fourth-order valence-corrected chi connectivity index (χ4v) is 2.36. The van der Waals surface area contributed by atoms with E-state index in [-0.39, 0.29) is 11.8 Å². The van der Waals surface area contributed by atoms with E-state index in [1.807, 2.05) is 12.2 Å². The zero-order valence-electron chi connectivity index (χ0n) is 7.38. The van der Waals surface area contributed by atoms with Crippen LogP contribution in [0, 0.1) is 17.8 Å². The van der Waals surface area contributed by atoms with Gasteiger partial charge in [-0.25, -0.2) is 4.79 Å². The maximum absolute atomic E-state index is 10.9. The smallest absolute Gasteiger partial charge is 0.328 e. The predicted molar refractivity (Wildman–Crippen MR) is 47.6 cm³/mol. The van der Waals surface area contributed by atoms with Gasteiger partial charge in [0.1, 0.15) is 0 Å². The van der Waals surface area contributed by atoms with E-state index in [1.54, 1.807) is 0 Å². The van der Waals surface area contributed by atoms with Crippen LogP contribution in [-0.4, -0.2) is 22.2 Å². The van der Waals surface area contributed by atoms with Crippen LogP contribution in [0.1, 0.15) is 6.42 Å². The Hall–Kier alpha value is -1.58. The molecule has 0 amide bonds. The lowest BCUT2D eigenvalue weighted by Gasteiger charge is -2.16. The van der Waals surface area contributed by atoms with Crippen molar-refractivity contribution in [3.8, 4) is 0 Å². The van der Waals surface area contributed by atoms with Gasteiger partial charge in [0.05, 0.1) is 5.92 Å². The number of allylic oxidation sites excluding steroid dienone is 2. The van der Waals surface area contributed by atoms with Crippen molar-refractivity contribution in [3.63, 3.8) is 0 Å². The lowest BCUT2D eigenvalue weighted by Crippen LogP contribution is -2.21. The summed E-state index contributed by atoms with van der Waals surface area (Å²) < 4.78 is 0. The molecule has 2 bridgehead atoms. The minimum absolute atomic E-state index is 0.0110. The van der Waals surface area contributed by atoms with Gasteiger partial charge in [0, 0.05) is 6.08 Å². The summed E-state index contributed by atoms with van der Waals surface area (Å²) in [6.45, 7) is 0. The van der Waals surface area contributed by atoms with Crippen molar-refractivity contribution in [2.75, 3.05) is 0 Å². The second-order valence-electron chi connectivity index (χ2n) is 3.69. The summed E-state index contributed by atoms with van der Waals surface area (Å²) in [6, 6.07) is 0. The average molecular weight is 194 g/mol. The summed E-state index contributed by atoms with van der Waals surface area (Å²) in [6.07, 6.45) is 5.57. The van der Waals surface area contributed by atoms with Crippen molar-refractivity contribution in [3.05, 3.63) is 23.8 Å². The number of aliphatic carboxylic acids is 2. The third-order valence-electron chi connectivity index (χ3n) is 2.89. The Bertz CT molecular complexity index is 353. The molecule has 2 N–H and O–H groups in total. The van der Waals surface area contributed by atoms with Crippen molar-refractivity contribution in [2.24, 2.45) is 17.8 Å². The Morgan fingerprint density at radius 3 is 2.64 bits per heavy atom. The highest BCUT2D eigenvalue weighted by Crippen LogP contribution is 2.47. The monoisotopic (exact) mass is 194 g/mol. The molecule has 1 saturated carbocycles. The molecule has 3 atom stereocenters. The SMILES string of the molecule is O=C(O)/C=C1\[C@@H](C(=O)O)[C@H]2C=C[C@H]1C2. The van der Waals surface area contributed by atoms with Crippen LogP contribution in [0.15, 0.2) is 23.8 Å². The summed E-state index contributed by atoms with van der Waals surface area (Å²) in [7, 11) is 0.